The Morgan fingerprint density at radius 1 is 1.21 bits per heavy atom. The number of fused-ring (bicyclic) bond motifs is 2. The number of aryl methyl sites for hydroxylation is 1. The van der Waals surface area contributed by atoms with Crippen molar-refractivity contribution in [3.8, 4) is 23.0 Å². The molecule has 3 atom stereocenters. The molecule has 226 valence electrons. The molecule has 3 aromatic rings. The fraction of sp³-hybridized carbons (Fsp3) is 0.545. The van der Waals surface area contributed by atoms with Crippen molar-refractivity contribution in [2.24, 2.45) is 5.92 Å². The average molecular weight is 584 g/mol. The van der Waals surface area contributed by atoms with E-state index >= 15 is 0 Å². The third kappa shape index (κ3) is 4.99. The number of hydrogen-bond donors (Lipinski definition) is 1. The van der Waals surface area contributed by atoms with E-state index in [9.17, 15) is 9.90 Å². The van der Waals surface area contributed by atoms with Gasteiger partial charge in [0, 0.05) is 56.0 Å². The minimum atomic E-state index is -0.0491. The molecule has 0 spiro atoms. The summed E-state index contributed by atoms with van der Waals surface area (Å²) in [6.45, 7) is 12.1. The van der Waals surface area contributed by atoms with Crippen LogP contribution in [-0.4, -0.2) is 92.2 Å². The highest BCUT2D eigenvalue weighted by molar-refractivity contribution is 5.94. The molecule has 10 heteroatoms. The fourth-order valence-electron chi connectivity index (χ4n) is 7.70. The van der Waals surface area contributed by atoms with Crippen molar-refractivity contribution >= 4 is 22.6 Å². The fourth-order valence-corrected chi connectivity index (χ4v) is 7.70. The zero-order valence-corrected chi connectivity index (χ0v) is 25.4. The monoisotopic (exact) mass is 583 g/mol. The van der Waals surface area contributed by atoms with Crippen LogP contribution in [-0.2, 0) is 4.79 Å². The van der Waals surface area contributed by atoms with Crippen LogP contribution in [0.5, 0.6) is 11.8 Å². The van der Waals surface area contributed by atoms with Gasteiger partial charge in [0.1, 0.15) is 18.2 Å². The summed E-state index contributed by atoms with van der Waals surface area (Å²) in [7, 11) is 2.03. The highest BCUT2D eigenvalue weighted by Crippen LogP contribution is 2.45. The van der Waals surface area contributed by atoms with E-state index in [1.165, 1.54) is 18.7 Å². The lowest BCUT2D eigenvalue weighted by Gasteiger charge is -2.31. The van der Waals surface area contributed by atoms with Gasteiger partial charge in [0.05, 0.1) is 34.0 Å². The number of nitrogens with zero attached hydrogens (tertiary/aromatic N) is 7. The highest BCUT2D eigenvalue weighted by Gasteiger charge is 2.48. The number of carbonyl (C=O) groups excluding carboxylic acids is 1. The lowest BCUT2D eigenvalue weighted by Crippen LogP contribution is -2.43. The van der Waals surface area contributed by atoms with Gasteiger partial charge >= 0.3 is 6.01 Å². The Kier molecular flexibility index (Phi) is 6.99. The smallest absolute Gasteiger partial charge is 0.319 e. The minimum absolute atomic E-state index is 0.0473. The maximum Gasteiger partial charge on any atom is 0.319 e. The average Bonchev–Trinajstić information content (AvgIpc) is 3.45. The molecule has 0 aromatic carbocycles. The Balaban J connectivity index is 1.29. The van der Waals surface area contributed by atoms with Gasteiger partial charge in [-0.15, -0.1) is 0 Å². The first-order chi connectivity index (χ1) is 20.8. The maximum absolute atomic E-state index is 12.3. The number of anilines is 1. The lowest BCUT2D eigenvalue weighted by molar-refractivity contribution is -0.125. The van der Waals surface area contributed by atoms with E-state index < -0.39 is 0 Å². The Morgan fingerprint density at radius 2 is 2.05 bits per heavy atom. The van der Waals surface area contributed by atoms with E-state index in [4.69, 9.17) is 19.7 Å². The van der Waals surface area contributed by atoms with Crippen LogP contribution >= 0.6 is 0 Å². The van der Waals surface area contributed by atoms with Gasteiger partial charge in [-0.2, -0.15) is 9.97 Å². The Bertz CT molecular complexity index is 1590. The Hall–Kier alpha value is -3.79. The number of carbonyl (C=O) groups is 1. The normalized spacial score (nSPS) is 25.3. The number of pyridine rings is 2. The van der Waals surface area contributed by atoms with Crippen molar-refractivity contribution in [1.82, 2.24) is 29.7 Å². The molecule has 3 unspecified atom stereocenters. The van der Waals surface area contributed by atoms with Gasteiger partial charge in [-0.25, -0.2) is 0 Å². The topological polar surface area (TPSA) is 108 Å². The molecule has 1 saturated carbocycles. The van der Waals surface area contributed by atoms with Crippen molar-refractivity contribution in [2.75, 3.05) is 44.7 Å². The van der Waals surface area contributed by atoms with Crippen LogP contribution in [0.4, 0.5) is 5.82 Å². The first kappa shape index (κ1) is 28.0. The second kappa shape index (κ2) is 10.7. The molecule has 4 aliphatic rings. The van der Waals surface area contributed by atoms with Gasteiger partial charge in [0.25, 0.3) is 0 Å². The van der Waals surface area contributed by atoms with E-state index in [2.05, 4.69) is 28.3 Å². The molecule has 7 rings (SSSR count). The first-order valence-electron chi connectivity index (χ1n) is 15.6. The van der Waals surface area contributed by atoms with Gasteiger partial charge in [-0.3, -0.25) is 19.7 Å². The zero-order chi connectivity index (χ0) is 29.9. The van der Waals surface area contributed by atoms with Crippen LogP contribution in [0.2, 0.25) is 0 Å². The first-order valence-corrected chi connectivity index (χ1v) is 15.6. The van der Waals surface area contributed by atoms with E-state index in [1.54, 1.807) is 6.07 Å². The SMILES string of the molecule is C=CC(=O)N1CCC(N(C)c2nc(OCC34CCCN3CC(C)C4)nc3c(C)c(-c4cc(O)cnc4C4CC4)ncc23)C1. The van der Waals surface area contributed by atoms with Gasteiger partial charge in [0.15, 0.2) is 0 Å². The predicted molar refractivity (Wildman–Crippen MR) is 165 cm³/mol. The summed E-state index contributed by atoms with van der Waals surface area (Å²) in [4.78, 5) is 38.4. The lowest BCUT2D eigenvalue weighted by atomic mass is 9.92. The van der Waals surface area contributed by atoms with E-state index in [1.807, 2.05) is 25.1 Å². The number of amides is 1. The molecule has 1 aliphatic carbocycles. The quantitative estimate of drug-likeness (QED) is 0.385. The van der Waals surface area contributed by atoms with E-state index in [0.29, 0.717) is 37.5 Å². The molecule has 4 fully saturated rings. The predicted octanol–water partition coefficient (Wildman–Crippen LogP) is 4.45. The van der Waals surface area contributed by atoms with Crippen LogP contribution in [0.1, 0.15) is 62.6 Å². The molecule has 0 radical (unpaired) electrons. The molecule has 10 nitrogen and oxygen atoms in total. The summed E-state index contributed by atoms with van der Waals surface area (Å²) in [5.74, 6) is 1.87. The summed E-state index contributed by atoms with van der Waals surface area (Å²) < 4.78 is 6.53. The molecule has 1 N–H and O–H groups in total. The highest BCUT2D eigenvalue weighted by atomic mass is 16.5. The summed E-state index contributed by atoms with van der Waals surface area (Å²) in [5.41, 5.74) is 4.33. The van der Waals surface area contributed by atoms with Crippen LogP contribution in [0, 0.1) is 12.8 Å². The summed E-state index contributed by atoms with van der Waals surface area (Å²) in [6, 6.07) is 2.22. The molecular weight excluding hydrogens is 542 g/mol. The third-order valence-electron chi connectivity index (χ3n) is 10.1. The summed E-state index contributed by atoms with van der Waals surface area (Å²) in [5, 5.41) is 11.2. The number of rotatable bonds is 8. The Morgan fingerprint density at radius 3 is 2.84 bits per heavy atom. The van der Waals surface area contributed by atoms with Crippen molar-refractivity contribution in [3.05, 3.63) is 42.4 Å². The van der Waals surface area contributed by atoms with E-state index in [-0.39, 0.29) is 23.2 Å². The van der Waals surface area contributed by atoms with E-state index in [0.717, 1.165) is 84.4 Å². The van der Waals surface area contributed by atoms with Gasteiger partial charge in [-0.1, -0.05) is 13.5 Å². The number of hydrogen-bond acceptors (Lipinski definition) is 9. The minimum Gasteiger partial charge on any atom is -0.506 e. The van der Waals surface area contributed by atoms with Crippen LogP contribution in [0.25, 0.3) is 22.2 Å². The molecule has 0 bridgehead atoms. The molecule has 1 amide bonds. The van der Waals surface area contributed by atoms with Crippen LogP contribution in [0.15, 0.2) is 31.1 Å². The van der Waals surface area contributed by atoms with Crippen molar-refractivity contribution < 1.29 is 14.6 Å². The molecule has 6 heterocycles. The van der Waals surface area contributed by atoms with Crippen LogP contribution < -0.4 is 9.64 Å². The zero-order valence-electron chi connectivity index (χ0n) is 25.4. The molecule has 43 heavy (non-hydrogen) atoms. The molecular formula is C33H41N7O3. The van der Waals surface area contributed by atoms with Gasteiger partial charge < -0.3 is 19.6 Å². The van der Waals surface area contributed by atoms with Crippen molar-refractivity contribution in [3.63, 3.8) is 0 Å². The molecule has 3 aromatic heterocycles. The number of aromatic hydroxyl groups is 1. The number of aromatic nitrogens is 4. The van der Waals surface area contributed by atoms with Gasteiger partial charge in [0.2, 0.25) is 5.91 Å². The van der Waals surface area contributed by atoms with Crippen molar-refractivity contribution in [2.45, 2.75) is 69.9 Å². The van der Waals surface area contributed by atoms with Crippen LogP contribution in [0.3, 0.4) is 0 Å². The van der Waals surface area contributed by atoms with Gasteiger partial charge in [-0.05, 0) is 70.1 Å². The largest absolute Gasteiger partial charge is 0.506 e. The summed E-state index contributed by atoms with van der Waals surface area (Å²) >= 11 is 0. The maximum atomic E-state index is 12.3. The number of likely N-dealkylation sites (N-methyl/N-ethyl adjacent to an activating group) is 1. The van der Waals surface area contributed by atoms with Crippen molar-refractivity contribution in [1.29, 1.82) is 0 Å². The standard InChI is InChI=1S/C33H41N7O3/c1-5-27(42)39-12-9-23(18-39)38(4)31-26-16-35-28(25-13-24(41)15-34-30(25)22-7-8-22)21(3)29(26)36-32(37-31)43-19-33-10-6-11-40(33)17-20(2)14-33/h5,13,15-16,20,22-23,41H,1,6-12,14,17-19H2,2-4H3. The summed E-state index contributed by atoms with van der Waals surface area (Å²) in [6.07, 6.45) is 11.2. The molecule has 3 saturated heterocycles. The Labute approximate surface area is 252 Å². The third-order valence-corrected chi connectivity index (χ3v) is 10.1. The number of likely N-dealkylation sites (tertiary alicyclic amines) is 1. The second-order valence-corrected chi connectivity index (χ2v) is 13.1. The molecule has 3 aliphatic heterocycles. The second-order valence-electron chi connectivity index (χ2n) is 13.1. The number of ether oxygens (including phenoxy) is 1.